The van der Waals surface area contributed by atoms with Gasteiger partial charge in [-0.2, -0.15) is 39.9 Å². The topological polar surface area (TPSA) is 353 Å². The summed E-state index contributed by atoms with van der Waals surface area (Å²) in [5.41, 5.74) is 4.84. The number of aromatic nitrogens is 12. The average Bonchev–Trinajstić information content (AvgIpc) is 0.758. The van der Waals surface area contributed by atoms with Crippen LogP contribution in [0.1, 0.15) is 0 Å². The molecular formula is C100H70N12O12. The molecule has 0 saturated heterocycles. The largest absolute Gasteiger partial charge is 0.508 e. The third kappa shape index (κ3) is 15.5. The summed E-state index contributed by atoms with van der Waals surface area (Å²) in [6.07, 6.45) is 0. The van der Waals surface area contributed by atoms with Crippen LogP contribution >= 0.6 is 0 Å². The first kappa shape index (κ1) is 77.9. The Morgan fingerprint density at radius 1 is 0.177 bits per heavy atom. The molecule has 4 heterocycles. The molecule has 0 fully saturated rings. The number of benzene rings is 17. The van der Waals surface area contributed by atoms with Gasteiger partial charge in [0, 0.05) is 46.5 Å². The number of hydrogen-bond acceptors (Lipinski definition) is 24. The maximum Gasteiger partial charge on any atom is 0.320 e. The monoisotopic (exact) mass is 1630 g/mol. The maximum absolute atomic E-state index is 10.4. The average molecular weight is 1630 g/mol. The molecular weight excluding hydrogens is 1560 g/mol. The van der Waals surface area contributed by atoms with Crippen molar-refractivity contribution in [3.8, 4) is 161 Å². The summed E-state index contributed by atoms with van der Waals surface area (Å²) < 4.78 is 21.3. The van der Waals surface area contributed by atoms with Gasteiger partial charge in [0.25, 0.3) is 0 Å². The van der Waals surface area contributed by atoms with E-state index in [1.165, 1.54) is 82.4 Å². The summed E-state index contributed by atoms with van der Waals surface area (Å²) in [6.45, 7) is 0. The third-order valence-corrected chi connectivity index (χ3v) is 21.1. The van der Waals surface area contributed by atoms with Gasteiger partial charge >= 0.3 is 24.0 Å². The van der Waals surface area contributed by atoms with Gasteiger partial charge in [-0.25, -0.2) is 19.9 Å². The van der Waals surface area contributed by atoms with Gasteiger partial charge in [-0.15, -0.1) is 0 Å². The van der Waals surface area contributed by atoms with Crippen molar-refractivity contribution in [1.82, 2.24) is 59.8 Å². The number of rotatable bonds is 12. The molecule has 21 rings (SSSR count). The Labute approximate surface area is 705 Å². The molecule has 24 heteroatoms. The predicted octanol–water partition coefficient (Wildman–Crippen LogP) is 20.9. The van der Waals surface area contributed by atoms with E-state index >= 15 is 0 Å². The first-order valence-corrected chi connectivity index (χ1v) is 38.9. The first-order chi connectivity index (χ1) is 60.5. The van der Waals surface area contributed by atoms with Crippen LogP contribution in [0.5, 0.6) is 70.0 Å². The number of nitrogens with zero attached hydrogens (tertiary/aromatic N) is 12. The summed E-state index contributed by atoms with van der Waals surface area (Å²) in [6, 6.07) is 95.6. The lowest BCUT2D eigenvalue weighted by Gasteiger charge is -2.13. The SMILES string of the molecule is COc1nc(-c2ccc(O)cc2O)nc(-c2c3ccccc3cc3ccccc23)n1.COc1nc(-c2ccc(O)cc2O)nc(-c2cc3c4ccccc4ccc3c3ccccc23)n1.COc1nc(-c2ccc(O)cc2O)nc(-c2cc3ccccc3c3ccccc23)n1.COc1nc(-c2ccc3cc4ccccc4cc3c2)nc(-c2ccc(O)cc2O)n1. The molecule has 602 valence electrons. The number of phenolic OH excluding ortho intramolecular Hbond substituents is 8. The highest BCUT2D eigenvalue weighted by molar-refractivity contribution is 6.21. The van der Waals surface area contributed by atoms with E-state index < -0.39 is 0 Å². The van der Waals surface area contributed by atoms with E-state index in [4.69, 9.17) is 23.9 Å². The van der Waals surface area contributed by atoms with Crippen LogP contribution in [0.15, 0.2) is 303 Å². The molecule has 17 aromatic carbocycles. The number of methoxy groups -OCH3 is 4. The van der Waals surface area contributed by atoms with E-state index in [2.05, 4.69) is 152 Å². The Morgan fingerprint density at radius 2 is 0.460 bits per heavy atom. The molecule has 24 nitrogen and oxygen atoms in total. The highest BCUT2D eigenvalue weighted by Gasteiger charge is 2.24. The van der Waals surface area contributed by atoms with Crippen LogP contribution in [0.3, 0.4) is 0 Å². The lowest BCUT2D eigenvalue weighted by Crippen LogP contribution is -2.01. The smallest absolute Gasteiger partial charge is 0.320 e. The fourth-order valence-electron chi connectivity index (χ4n) is 15.2. The zero-order chi connectivity index (χ0) is 85.2. The minimum absolute atomic E-state index is 0.0424. The van der Waals surface area contributed by atoms with Crippen LogP contribution in [0.4, 0.5) is 0 Å². The maximum atomic E-state index is 10.4. The van der Waals surface area contributed by atoms with Crippen molar-refractivity contribution in [1.29, 1.82) is 0 Å². The molecule has 0 amide bonds. The molecule has 0 aliphatic rings. The van der Waals surface area contributed by atoms with Crippen LogP contribution < -0.4 is 18.9 Å². The number of fused-ring (bicyclic) bond motifs is 12. The van der Waals surface area contributed by atoms with E-state index in [0.717, 1.165) is 114 Å². The predicted molar refractivity (Wildman–Crippen MR) is 480 cm³/mol. The summed E-state index contributed by atoms with van der Waals surface area (Å²) in [4.78, 5) is 53.7. The fraction of sp³-hybridized carbons (Fsp3) is 0.0400. The molecule has 8 N–H and O–H groups in total. The van der Waals surface area contributed by atoms with E-state index in [-0.39, 0.29) is 93.3 Å². The van der Waals surface area contributed by atoms with Crippen LogP contribution in [0.25, 0.3) is 188 Å². The minimum atomic E-state index is -0.131. The van der Waals surface area contributed by atoms with E-state index in [0.29, 0.717) is 45.6 Å². The van der Waals surface area contributed by atoms with Gasteiger partial charge in [0.05, 0.1) is 50.7 Å². The highest BCUT2D eigenvalue weighted by atomic mass is 16.5. The second-order valence-corrected chi connectivity index (χ2v) is 28.7. The Balaban J connectivity index is 0.000000113. The van der Waals surface area contributed by atoms with Crippen molar-refractivity contribution in [2.24, 2.45) is 0 Å². The van der Waals surface area contributed by atoms with Crippen LogP contribution in [-0.4, -0.2) is 129 Å². The minimum Gasteiger partial charge on any atom is -0.508 e. The van der Waals surface area contributed by atoms with E-state index in [1.54, 1.807) is 24.3 Å². The lowest BCUT2D eigenvalue weighted by atomic mass is 9.93. The Kier molecular flexibility index (Phi) is 20.9. The standard InChI is InChI=1S/C28H19N3O3.3C24H17N3O3/c1-34-28-30-26(22-13-11-17(32)14-25(22)33)29-27(31-28)24-15-23-18-7-3-2-6-16(18)10-12-21(23)19-8-4-5-9-20(19)24;1-30-24-26-22(19-11-10-16(28)13-20(19)29)25-23(27-24)21-17-8-4-2-6-14(17)12-15-7-3-5-9-18(15)21;1-30-24-26-22(19-11-10-15(28)13-21(19)29)25-23(27-24)20-12-14-6-2-3-7-16(14)17-8-4-5-9-18(17)20;1-30-24-26-22(25-23(27-24)20-9-8-19(28)13-21(20)29)17-7-6-16-10-14-4-2-3-5-15(14)11-18(16)12-17/h2-15,32-33H,1H3;3*2-13,28-29H,1H3. The van der Waals surface area contributed by atoms with Crippen LogP contribution in [0, 0.1) is 0 Å². The Hall–Kier alpha value is -17.3. The molecule has 0 unspecified atom stereocenters. The van der Waals surface area contributed by atoms with Gasteiger partial charge < -0.3 is 59.8 Å². The summed E-state index contributed by atoms with van der Waals surface area (Å²) >= 11 is 0. The number of hydrogen-bond donors (Lipinski definition) is 8. The van der Waals surface area contributed by atoms with Crippen molar-refractivity contribution in [3.05, 3.63) is 303 Å². The summed E-state index contributed by atoms with van der Waals surface area (Å²) in [5, 5.41) is 99.3. The van der Waals surface area contributed by atoms with E-state index in [9.17, 15) is 40.9 Å². The van der Waals surface area contributed by atoms with Crippen molar-refractivity contribution < 1.29 is 59.8 Å². The zero-order valence-corrected chi connectivity index (χ0v) is 66.4. The van der Waals surface area contributed by atoms with E-state index in [1.807, 2.05) is 133 Å². The van der Waals surface area contributed by atoms with Crippen molar-refractivity contribution in [2.75, 3.05) is 28.4 Å². The van der Waals surface area contributed by atoms with Gasteiger partial charge in [-0.05, 0) is 182 Å². The fourth-order valence-corrected chi connectivity index (χ4v) is 15.2. The van der Waals surface area contributed by atoms with Gasteiger partial charge in [-0.1, -0.05) is 194 Å². The number of phenols is 8. The molecule has 0 radical (unpaired) electrons. The molecule has 0 bridgehead atoms. The molecule has 0 spiro atoms. The van der Waals surface area contributed by atoms with Crippen molar-refractivity contribution >= 4 is 97.0 Å². The van der Waals surface area contributed by atoms with Crippen molar-refractivity contribution in [2.45, 2.75) is 0 Å². The lowest BCUT2D eigenvalue weighted by molar-refractivity contribution is 0.379. The van der Waals surface area contributed by atoms with Crippen molar-refractivity contribution in [3.63, 3.8) is 0 Å². The number of aromatic hydroxyl groups is 8. The quantitative estimate of drug-likeness (QED) is 0.0416. The molecule has 124 heavy (non-hydrogen) atoms. The van der Waals surface area contributed by atoms with Crippen LogP contribution in [-0.2, 0) is 0 Å². The molecule has 0 aliphatic carbocycles. The second-order valence-electron chi connectivity index (χ2n) is 28.7. The first-order valence-electron chi connectivity index (χ1n) is 38.9. The summed E-state index contributed by atoms with van der Waals surface area (Å²) in [5.74, 6) is 2.07. The molecule has 0 saturated carbocycles. The van der Waals surface area contributed by atoms with Crippen LogP contribution in [0.2, 0.25) is 0 Å². The molecule has 4 aromatic heterocycles. The second kappa shape index (κ2) is 33.3. The van der Waals surface area contributed by atoms with Gasteiger partial charge in [0.2, 0.25) is 0 Å². The Bertz CT molecular complexity index is 7730. The zero-order valence-electron chi connectivity index (χ0n) is 66.4. The van der Waals surface area contributed by atoms with Gasteiger partial charge in [0.15, 0.2) is 46.6 Å². The Morgan fingerprint density at radius 3 is 0.887 bits per heavy atom. The number of ether oxygens (including phenoxy) is 4. The summed E-state index contributed by atoms with van der Waals surface area (Å²) in [7, 11) is 5.94. The third-order valence-electron chi connectivity index (χ3n) is 21.1. The van der Waals surface area contributed by atoms with Gasteiger partial charge in [-0.3, -0.25) is 0 Å². The molecule has 21 aromatic rings. The highest BCUT2D eigenvalue weighted by Crippen LogP contribution is 2.44. The van der Waals surface area contributed by atoms with Gasteiger partial charge in [0.1, 0.15) is 46.0 Å². The molecule has 0 atom stereocenters. The molecule has 0 aliphatic heterocycles. The normalized spacial score (nSPS) is 11.2.